The van der Waals surface area contributed by atoms with Gasteiger partial charge in [0.25, 0.3) is 0 Å². The van der Waals surface area contributed by atoms with E-state index in [4.69, 9.17) is 4.74 Å². The van der Waals surface area contributed by atoms with Crippen LogP contribution < -0.4 is 4.90 Å². The molecule has 0 bridgehead atoms. The van der Waals surface area contributed by atoms with Crippen LogP contribution in [-0.4, -0.2) is 33.7 Å². The van der Waals surface area contributed by atoms with E-state index >= 15 is 0 Å². The van der Waals surface area contributed by atoms with E-state index in [2.05, 4.69) is 32.9 Å². The average molecular weight is 370 g/mol. The molecule has 1 amide bonds. The molecule has 3 rings (SSSR count). The first-order chi connectivity index (χ1) is 9.22. The standard InChI is InChI=1S/C12H11IN4O2/c13-9-1-3-10(4-2-9)17-8-11(19-12(17)18)7-16-6-5-14-15-16/h1-6,11H,7-8H2. The summed E-state index contributed by atoms with van der Waals surface area (Å²) in [6, 6.07) is 7.77. The number of rotatable bonds is 3. The van der Waals surface area contributed by atoms with E-state index in [0.29, 0.717) is 13.1 Å². The molecular formula is C12H11IN4O2. The summed E-state index contributed by atoms with van der Waals surface area (Å²) in [5.41, 5.74) is 0.853. The molecule has 1 aliphatic rings. The van der Waals surface area contributed by atoms with Crippen LogP contribution in [0.15, 0.2) is 36.7 Å². The first kappa shape index (κ1) is 12.4. The van der Waals surface area contributed by atoms with Gasteiger partial charge in [-0.15, -0.1) is 5.10 Å². The highest BCUT2D eigenvalue weighted by Gasteiger charge is 2.32. The minimum absolute atomic E-state index is 0.200. The first-order valence-electron chi connectivity index (χ1n) is 5.80. The zero-order valence-electron chi connectivity index (χ0n) is 9.94. The molecule has 1 atom stereocenters. The van der Waals surface area contributed by atoms with E-state index in [1.807, 2.05) is 24.3 Å². The fraction of sp³-hybridized carbons (Fsp3) is 0.250. The summed E-state index contributed by atoms with van der Waals surface area (Å²) >= 11 is 2.23. The van der Waals surface area contributed by atoms with Gasteiger partial charge in [0.15, 0.2) is 0 Å². The smallest absolute Gasteiger partial charge is 0.414 e. The predicted octanol–water partition coefficient (Wildman–Crippen LogP) is 1.91. The van der Waals surface area contributed by atoms with Gasteiger partial charge in [-0.2, -0.15) is 0 Å². The number of anilines is 1. The number of halogens is 1. The molecule has 19 heavy (non-hydrogen) atoms. The molecule has 0 spiro atoms. The lowest BCUT2D eigenvalue weighted by Crippen LogP contribution is -2.26. The van der Waals surface area contributed by atoms with Crippen molar-refractivity contribution in [1.29, 1.82) is 0 Å². The van der Waals surface area contributed by atoms with Crippen LogP contribution in [0.4, 0.5) is 10.5 Å². The molecular weight excluding hydrogens is 359 g/mol. The zero-order valence-corrected chi connectivity index (χ0v) is 12.1. The van der Waals surface area contributed by atoms with Crippen LogP contribution in [0.1, 0.15) is 0 Å². The van der Waals surface area contributed by atoms with Gasteiger partial charge in [0, 0.05) is 15.5 Å². The monoisotopic (exact) mass is 370 g/mol. The molecule has 2 heterocycles. The molecule has 1 saturated heterocycles. The summed E-state index contributed by atoms with van der Waals surface area (Å²) in [7, 11) is 0. The Hall–Kier alpha value is -1.64. The highest BCUT2D eigenvalue weighted by atomic mass is 127. The normalized spacial score (nSPS) is 18.7. The van der Waals surface area contributed by atoms with Gasteiger partial charge in [-0.25, -0.2) is 9.48 Å². The average Bonchev–Trinajstić information content (AvgIpc) is 3.01. The number of amides is 1. The van der Waals surface area contributed by atoms with Crippen molar-refractivity contribution in [3.63, 3.8) is 0 Å². The second-order valence-electron chi connectivity index (χ2n) is 4.22. The van der Waals surface area contributed by atoms with Crippen LogP contribution >= 0.6 is 22.6 Å². The van der Waals surface area contributed by atoms with E-state index in [0.717, 1.165) is 9.26 Å². The molecule has 1 unspecified atom stereocenters. The maximum Gasteiger partial charge on any atom is 0.414 e. The Morgan fingerprint density at radius 3 is 2.84 bits per heavy atom. The number of nitrogens with zero attached hydrogens (tertiary/aromatic N) is 4. The highest BCUT2D eigenvalue weighted by Crippen LogP contribution is 2.23. The molecule has 6 nitrogen and oxygen atoms in total. The van der Waals surface area contributed by atoms with E-state index in [9.17, 15) is 4.79 Å². The summed E-state index contributed by atoms with van der Waals surface area (Å²) in [4.78, 5) is 13.5. The van der Waals surface area contributed by atoms with Gasteiger partial charge in [0.2, 0.25) is 0 Å². The minimum Gasteiger partial charge on any atom is -0.442 e. The SMILES string of the molecule is O=C1OC(Cn2ccnn2)CN1c1ccc(I)cc1. The molecule has 98 valence electrons. The second-order valence-corrected chi connectivity index (χ2v) is 5.46. The fourth-order valence-electron chi connectivity index (χ4n) is 1.99. The van der Waals surface area contributed by atoms with E-state index in [1.165, 1.54) is 0 Å². The van der Waals surface area contributed by atoms with Crippen LogP contribution in [0.5, 0.6) is 0 Å². The van der Waals surface area contributed by atoms with Crippen molar-refractivity contribution in [3.8, 4) is 0 Å². The van der Waals surface area contributed by atoms with Gasteiger partial charge in [-0.3, -0.25) is 4.90 Å². The number of aromatic nitrogens is 3. The number of ether oxygens (including phenoxy) is 1. The third-order valence-electron chi connectivity index (χ3n) is 2.88. The van der Waals surface area contributed by atoms with Crippen LogP contribution in [-0.2, 0) is 11.3 Å². The number of cyclic esters (lactones) is 1. The number of hydrogen-bond donors (Lipinski definition) is 0. The van der Waals surface area contributed by atoms with E-state index in [-0.39, 0.29) is 12.2 Å². The first-order valence-corrected chi connectivity index (χ1v) is 6.88. The molecule has 2 aromatic rings. The number of hydrogen-bond acceptors (Lipinski definition) is 4. The molecule has 0 radical (unpaired) electrons. The van der Waals surface area contributed by atoms with E-state index < -0.39 is 0 Å². The summed E-state index contributed by atoms with van der Waals surface area (Å²) in [6.45, 7) is 1.05. The second kappa shape index (κ2) is 5.16. The Balaban J connectivity index is 1.71. The Bertz CT molecular complexity index is 570. The minimum atomic E-state index is -0.314. The number of carbonyl (C=O) groups excluding carboxylic acids is 1. The molecule has 0 aliphatic carbocycles. The summed E-state index contributed by atoms with van der Waals surface area (Å²) in [5, 5.41) is 7.60. The van der Waals surface area contributed by atoms with Crippen molar-refractivity contribution in [2.75, 3.05) is 11.4 Å². The van der Waals surface area contributed by atoms with Crippen LogP contribution in [0.25, 0.3) is 0 Å². The van der Waals surface area contributed by atoms with Crippen LogP contribution in [0, 0.1) is 3.57 Å². The Morgan fingerprint density at radius 2 is 2.16 bits per heavy atom. The molecule has 1 aromatic heterocycles. The molecule has 7 heteroatoms. The Kier molecular flexibility index (Phi) is 3.36. The largest absolute Gasteiger partial charge is 0.442 e. The third kappa shape index (κ3) is 2.70. The number of benzene rings is 1. The molecule has 1 aliphatic heterocycles. The highest BCUT2D eigenvalue weighted by molar-refractivity contribution is 14.1. The van der Waals surface area contributed by atoms with Crippen molar-refractivity contribution in [2.24, 2.45) is 0 Å². The molecule has 1 aromatic carbocycles. The topological polar surface area (TPSA) is 60.3 Å². The van der Waals surface area contributed by atoms with Crippen LogP contribution in [0.2, 0.25) is 0 Å². The van der Waals surface area contributed by atoms with Crippen LogP contribution in [0.3, 0.4) is 0 Å². The summed E-state index contributed by atoms with van der Waals surface area (Å²) in [6.07, 6.45) is 2.84. The quantitative estimate of drug-likeness (QED) is 0.775. The molecule has 0 N–H and O–H groups in total. The maximum atomic E-state index is 11.9. The van der Waals surface area contributed by atoms with Gasteiger partial charge in [-0.1, -0.05) is 5.21 Å². The van der Waals surface area contributed by atoms with E-state index in [1.54, 1.807) is 22.0 Å². The Morgan fingerprint density at radius 1 is 1.37 bits per heavy atom. The molecule has 1 fully saturated rings. The van der Waals surface area contributed by atoms with Gasteiger partial charge in [-0.05, 0) is 46.9 Å². The lowest BCUT2D eigenvalue weighted by atomic mass is 10.3. The summed E-state index contributed by atoms with van der Waals surface area (Å²) < 4.78 is 8.12. The van der Waals surface area contributed by atoms with Crippen molar-refractivity contribution >= 4 is 34.4 Å². The lowest BCUT2D eigenvalue weighted by molar-refractivity contribution is 0.129. The Labute approximate surface area is 123 Å². The van der Waals surface area contributed by atoms with Crippen molar-refractivity contribution in [2.45, 2.75) is 12.6 Å². The van der Waals surface area contributed by atoms with Gasteiger partial charge in [0.05, 0.1) is 19.3 Å². The molecule has 0 saturated carbocycles. The van der Waals surface area contributed by atoms with Crippen molar-refractivity contribution in [3.05, 3.63) is 40.2 Å². The van der Waals surface area contributed by atoms with Crippen molar-refractivity contribution in [1.82, 2.24) is 15.0 Å². The van der Waals surface area contributed by atoms with Gasteiger partial charge < -0.3 is 4.74 Å². The summed E-state index contributed by atoms with van der Waals surface area (Å²) in [5.74, 6) is 0. The maximum absolute atomic E-state index is 11.9. The lowest BCUT2D eigenvalue weighted by Gasteiger charge is -2.12. The van der Waals surface area contributed by atoms with Gasteiger partial charge >= 0.3 is 6.09 Å². The van der Waals surface area contributed by atoms with Gasteiger partial charge in [0.1, 0.15) is 6.10 Å². The number of carbonyl (C=O) groups is 1. The third-order valence-corrected chi connectivity index (χ3v) is 3.59. The fourth-order valence-corrected chi connectivity index (χ4v) is 2.35. The zero-order chi connectivity index (χ0) is 13.2. The predicted molar refractivity (Wildman–Crippen MR) is 76.8 cm³/mol. The van der Waals surface area contributed by atoms with Crippen molar-refractivity contribution < 1.29 is 9.53 Å².